The molecule has 0 bridgehead atoms. The molecule has 1 amide bonds. The van der Waals surface area contributed by atoms with Crippen molar-refractivity contribution in [3.8, 4) is 0 Å². The molecule has 1 heterocycles. The van der Waals surface area contributed by atoms with Crippen LogP contribution in [0.1, 0.15) is 43.2 Å². The monoisotopic (exact) mass is 294 g/mol. The Kier molecular flexibility index (Phi) is 4.36. The summed E-state index contributed by atoms with van der Waals surface area (Å²) in [6, 6.07) is 0. The zero-order chi connectivity index (χ0) is 13.9. The molecule has 3 rings (SSSR count). The van der Waals surface area contributed by atoms with Gasteiger partial charge in [0.25, 0.3) is 5.91 Å². The van der Waals surface area contributed by atoms with Crippen molar-refractivity contribution < 1.29 is 9.53 Å². The van der Waals surface area contributed by atoms with Crippen molar-refractivity contribution in [3.05, 3.63) is 10.6 Å². The molecule has 1 aromatic rings. The van der Waals surface area contributed by atoms with Crippen LogP contribution >= 0.6 is 11.3 Å². The topological polar surface area (TPSA) is 51.2 Å². The summed E-state index contributed by atoms with van der Waals surface area (Å²) in [5, 5.41) is 3.61. The lowest BCUT2D eigenvalue weighted by Gasteiger charge is -2.18. The van der Waals surface area contributed by atoms with E-state index in [1.807, 2.05) is 0 Å². The van der Waals surface area contributed by atoms with Gasteiger partial charge in [0.2, 0.25) is 0 Å². The second kappa shape index (κ2) is 6.22. The molecule has 0 aromatic carbocycles. The fourth-order valence-corrected chi connectivity index (χ4v) is 3.74. The Bertz CT molecular complexity index is 482. The number of rotatable bonds is 6. The van der Waals surface area contributed by atoms with E-state index in [9.17, 15) is 4.79 Å². The third-order valence-electron chi connectivity index (χ3n) is 4.15. The van der Waals surface area contributed by atoms with Crippen molar-refractivity contribution in [2.45, 2.75) is 45.4 Å². The van der Waals surface area contributed by atoms with E-state index in [1.165, 1.54) is 36.3 Å². The number of aryl methyl sites for hydroxylation is 1. The van der Waals surface area contributed by atoms with Gasteiger partial charge in [-0.15, -0.1) is 11.3 Å². The van der Waals surface area contributed by atoms with Gasteiger partial charge >= 0.3 is 0 Å². The first-order valence-corrected chi connectivity index (χ1v) is 8.42. The molecule has 1 fully saturated rings. The van der Waals surface area contributed by atoms with Gasteiger partial charge in [-0.2, -0.15) is 0 Å². The molecule has 2 aliphatic carbocycles. The molecule has 0 aliphatic heterocycles. The quantitative estimate of drug-likeness (QED) is 0.877. The highest BCUT2D eigenvalue weighted by atomic mass is 32.1. The average molecular weight is 294 g/mol. The minimum Gasteiger partial charge on any atom is -0.371 e. The van der Waals surface area contributed by atoms with Gasteiger partial charge in [-0.05, 0) is 43.9 Å². The fraction of sp³-hybridized carbons (Fsp3) is 0.733. The minimum atomic E-state index is -0.0798. The van der Waals surface area contributed by atoms with Gasteiger partial charge in [-0.3, -0.25) is 10.1 Å². The highest BCUT2D eigenvalue weighted by Crippen LogP contribution is 2.33. The van der Waals surface area contributed by atoms with Crippen LogP contribution in [0.2, 0.25) is 0 Å². The maximum Gasteiger partial charge on any atom is 0.252 e. The molecule has 1 atom stereocenters. The maximum atomic E-state index is 11.8. The molecule has 110 valence electrons. The van der Waals surface area contributed by atoms with Crippen molar-refractivity contribution in [1.29, 1.82) is 0 Å². The van der Waals surface area contributed by atoms with Crippen LogP contribution in [0.4, 0.5) is 5.13 Å². The summed E-state index contributed by atoms with van der Waals surface area (Å²) >= 11 is 1.64. The Balaban J connectivity index is 1.50. The molecule has 1 unspecified atom stereocenters. The van der Waals surface area contributed by atoms with Crippen LogP contribution in [0.25, 0.3) is 0 Å². The van der Waals surface area contributed by atoms with Gasteiger partial charge < -0.3 is 4.74 Å². The van der Waals surface area contributed by atoms with Crippen molar-refractivity contribution in [1.82, 2.24) is 4.98 Å². The molecule has 5 heteroatoms. The summed E-state index contributed by atoms with van der Waals surface area (Å²) in [7, 11) is 0. The molecule has 0 radical (unpaired) electrons. The minimum absolute atomic E-state index is 0.0798. The molecular weight excluding hydrogens is 272 g/mol. The third kappa shape index (κ3) is 3.58. The number of carbonyl (C=O) groups excluding carboxylic acids is 1. The van der Waals surface area contributed by atoms with E-state index in [-0.39, 0.29) is 12.5 Å². The van der Waals surface area contributed by atoms with E-state index in [0.717, 1.165) is 30.5 Å². The molecule has 4 nitrogen and oxygen atoms in total. The predicted molar refractivity (Wildman–Crippen MR) is 80.1 cm³/mol. The van der Waals surface area contributed by atoms with Crippen LogP contribution in [-0.2, 0) is 22.4 Å². The molecule has 1 aromatic heterocycles. The number of thiazole rings is 1. The number of hydrogen-bond acceptors (Lipinski definition) is 4. The van der Waals surface area contributed by atoms with Crippen molar-refractivity contribution in [2.75, 3.05) is 18.5 Å². The molecule has 0 saturated heterocycles. The van der Waals surface area contributed by atoms with E-state index >= 15 is 0 Å². The van der Waals surface area contributed by atoms with E-state index < -0.39 is 0 Å². The SMILES string of the molecule is CCC1CCc2nc(NC(=O)COCC3CC3)sc2C1. The van der Waals surface area contributed by atoms with E-state index in [1.54, 1.807) is 11.3 Å². The zero-order valence-corrected chi connectivity index (χ0v) is 12.8. The maximum absolute atomic E-state index is 11.8. The van der Waals surface area contributed by atoms with Crippen LogP contribution in [0.3, 0.4) is 0 Å². The molecule has 1 saturated carbocycles. The summed E-state index contributed by atoms with van der Waals surface area (Å²) in [5.41, 5.74) is 1.19. The molecule has 20 heavy (non-hydrogen) atoms. The van der Waals surface area contributed by atoms with Crippen molar-refractivity contribution in [3.63, 3.8) is 0 Å². The van der Waals surface area contributed by atoms with Gasteiger partial charge in [0.05, 0.1) is 12.3 Å². The van der Waals surface area contributed by atoms with Gasteiger partial charge in [0, 0.05) is 4.88 Å². The number of hydrogen-bond donors (Lipinski definition) is 1. The number of carbonyl (C=O) groups is 1. The Morgan fingerprint density at radius 2 is 2.25 bits per heavy atom. The lowest BCUT2D eigenvalue weighted by atomic mass is 9.89. The highest BCUT2D eigenvalue weighted by molar-refractivity contribution is 7.15. The van der Waals surface area contributed by atoms with Crippen LogP contribution in [0.5, 0.6) is 0 Å². The number of fused-ring (bicyclic) bond motifs is 1. The number of nitrogens with zero attached hydrogens (tertiary/aromatic N) is 1. The summed E-state index contributed by atoms with van der Waals surface area (Å²) in [5.74, 6) is 1.40. The largest absolute Gasteiger partial charge is 0.371 e. The Morgan fingerprint density at radius 3 is 3.00 bits per heavy atom. The second-order valence-electron chi connectivity index (χ2n) is 5.91. The molecule has 2 aliphatic rings. The zero-order valence-electron chi connectivity index (χ0n) is 12.0. The number of ether oxygens (including phenoxy) is 1. The van der Waals surface area contributed by atoms with Crippen LogP contribution in [0.15, 0.2) is 0 Å². The molecule has 0 spiro atoms. The van der Waals surface area contributed by atoms with Crippen molar-refractivity contribution >= 4 is 22.4 Å². The first-order valence-electron chi connectivity index (χ1n) is 7.60. The Hall–Kier alpha value is -0.940. The van der Waals surface area contributed by atoms with Crippen LogP contribution in [0, 0.1) is 11.8 Å². The third-order valence-corrected chi connectivity index (χ3v) is 5.18. The fourth-order valence-electron chi connectivity index (χ4n) is 2.60. The normalized spacial score (nSPS) is 21.6. The predicted octanol–water partition coefficient (Wildman–Crippen LogP) is 3.02. The van der Waals surface area contributed by atoms with Gasteiger partial charge in [0.1, 0.15) is 6.61 Å². The van der Waals surface area contributed by atoms with Gasteiger partial charge in [-0.25, -0.2) is 4.98 Å². The first kappa shape index (κ1) is 14.0. The average Bonchev–Trinajstić information content (AvgIpc) is 3.17. The molecule has 1 N–H and O–H groups in total. The van der Waals surface area contributed by atoms with E-state index in [0.29, 0.717) is 5.92 Å². The summed E-state index contributed by atoms with van der Waals surface area (Å²) in [6.07, 6.45) is 7.13. The molecular formula is C15H22N2O2S. The lowest BCUT2D eigenvalue weighted by Crippen LogP contribution is -2.18. The number of anilines is 1. The highest BCUT2D eigenvalue weighted by Gasteiger charge is 2.23. The van der Waals surface area contributed by atoms with Crippen molar-refractivity contribution in [2.24, 2.45) is 11.8 Å². The lowest BCUT2D eigenvalue weighted by molar-refractivity contribution is -0.120. The Morgan fingerprint density at radius 1 is 1.40 bits per heavy atom. The summed E-state index contributed by atoms with van der Waals surface area (Å²) in [4.78, 5) is 17.7. The van der Waals surface area contributed by atoms with Gasteiger partial charge in [-0.1, -0.05) is 13.3 Å². The summed E-state index contributed by atoms with van der Waals surface area (Å²) < 4.78 is 5.39. The van der Waals surface area contributed by atoms with E-state index in [2.05, 4.69) is 17.2 Å². The van der Waals surface area contributed by atoms with Gasteiger partial charge in [0.15, 0.2) is 5.13 Å². The second-order valence-corrected chi connectivity index (χ2v) is 7.00. The summed E-state index contributed by atoms with van der Waals surface area (Å²) in [6.45, 7) is 3.12. The first-order chi connectivity index (χ1) is 9.74. The smallest absolute Gasteiger partial charge is 0.252 e. The van der Waals surface area contributed by atoms with E-state index in [4.69, 9.17) is 4.74 Å². The Labute approximate surface area is 123 Å². The standard InChI is InChI=1S/C15H22N2O2S/c1-2-10-5-6-12-13(7-10)20-15(16-12)17-14(18)9-19-8-11-3-4-11/h10-11H,2-9H2,1H3,(H,16,17,18). The number of nitrogens with one attached hydrogen (secondary N) is 1. The van der Waals surface area contributed by atoms with Crippen LogP contribution in [-0.4, -0.2) is 24.1 Å². The number of amides is 1. The van der Waals surface area contributed by atoms with Crippen LogP contribution < -0.4 is 5.32 Å². The number of aromatic nitrogens is 1.